The molecule has 0 aromatic heterocycles. The summed E-state index contributed by atoms with van der Waals surface area (Å²) in [6.07, 6.45) is -3.68. The quantitative estimate of drug-likeness (QED) is 0.840. The number of methoxy groups -OCH3 is 2. The molecule has 0 bridgehead atoms. The molecule has 5 nitrogen and oxygen atoms in total. The Hall–Kier alpha value is -2.90. The normalized spacial score (nSPS) is 13.7. The number of ether oxygens (including phenoxy) is 2. The third-order valence-electron chi connectivity index (χ3n) is 4.73. The highest BCUT2D eigenvalue weighted by Crippen LogP contribution is 2.33. The molecule has 2 aromatic rings. The molecule has 1 N–H and O–H groups in total. The lowest BCUT2D eigenvalue weighted by Gasteiger charge is -2.30. The van der Waals surface area contributed by atoms with Crippen molar-refractivity contribution in [3.8, 4) is 11.5 Å². The van der Waals surface area contributed by atoms with Crippen molar-refractivity contribution in [1.82, 2.24) is 4.90 Å². The first-order valence-electron chi connectivity index (χ1n) is 8.74. The first-order chi connectivity index (χ1) is 13.3. The van der Waals surface area contributed by atoms with E-state index in [-0.39, 0.29) is 12.5 Å². The number of benzene rings is 2. The van der Waals surface area contributed by atoms with E-state index < -0.39 is 11.7 Å². The summed E-state index contributed by atoms with van der Waals surface area (Å²) in [6.45, 7) is 1.02. The molecule has 0 spiro atoms. The van der Waals surface area contributed by atoms with Gasteiger partial charge in [-0.3, -0.25) is 4.79 Å². The molecule has 0 aliphatic carbocycles. The fraction of sp³-hybridized carbons (Fsp3) is 0.350. The monoisotopic (exact) mass is 394 g/mol. The van der Waals surface area contributed by atoms with Gasteiger partial charge in [-0.1, -0.05) is 0 Å². The number of nitrogens with one attached hydrogen (secondary N) is 1. The zero-order valence-electron chi connectivity index (χ0n) is 15.6. The minimum Gasteiger partial charge on any atom is -0.493 e. The van der Waals surface area contributed by atoms with Crippen LogP contribution in [0.25, 0.3) is 0 Å². The van der Waals surface area contributed by atoms with Crippen LogP contribution in [0.4, 0.5) is 18.9 Å². The molecule has 0 radical (unpaired) electrons. The van der Waals surface area contributed by atoms with Crippen LogP contribution in [0, 0.1) is 0 Å². The molecule has 3 rings (SSSR count). The van der Waals surface area contributed by atoms with Crippen molar-refractivity contribution in [2.45, 2.75) is 19.1 Å². The molecular weight excluding hydrogens is 373 g/mol. The second-order valence-corrected chi connectivity index (χ2v) is 6.47. The summed E-state index contributed by atoms with van der Waals surface area (Å²) in [5.74, 6) is 1.14. The van der Waals surface area contributed by atoms with Crippen LogP contribution in [-0.2, 0) is 23.9 Å². The molecule has 0 atom stereocenters. The maximum atomic E-state index is 12.6. The lowest BCUT2D eigenvalue weighted by atomic mass is 9.98. The Labute approximate surface area is 161 Å². The van der Waals surface area contributed by atoms with Crippen molar-refractivity contribution >= 4 is 11.6 Å². The molecule has 0 unspecified atom stereocenters. The average Bonchev–Trinajstić information content (AvgIpc) is 2.70. The van der Waals surface area contributed by atoms with Gasteiger partial charge < -0.3 is 19.7 Å². The first-order valence-corrected chi connectivity index (χ1v) is 8.74. The number of hydrogen-bond donors (Lipinski definition) is 1. The molecule has 8 heteroatoms. The minimum absolute atomic E-state index is 0.00792. The number of halogens is 3. The summed E-state index contributed by atoms with van der Waals surface area (Å²) < 4.78 is 48.4. The maximum absolute atomic E-state index is 12.6. The second kappa shape index (κ2) is 8.00. The van der Waals surface area contributed by atoms with Gasteiger partial charge in [0.25, 0.3) is 0 Å². The fourth-order valence-corrected chi connectivity index (χ4v) is 3.16. The molecule has 1 aliphatic rings. The van der Waals surface area contributed by atoms with E-state index in [9.17, 15) is 18.0 Å². The number of carbonyl (C=O) groups excluding carboxylic acids is 1. The highest BCUT2D eigenvalue weighted by molar-refractivity contribution is 5.81. The van der Waals surface area contributed by atoms with Crippen LogP contribution in [0.5, 0.6) is 11.5 Å². The van der Waals surface area contributed by atoms with Crippen LogP contribution >= 0.6 is 0 Å². The van der Waals surface area contributed by atoms with Crippen molar-refractivity contribution in [2.24, 2.45) is 0 Å². The number of fused-ring (bicyclic) bond motifs is 1. The van der Waals surface area contributed by atoms with Crippen LogP contribution in [0.3, 0.4) is 0 Å². The maximum Gasteiger partial charge on any atom is 0.416 e. The molecular formula is C20H21F3N2O3. The lowest BCUT2D eigenvalue weighted by molar-refractivity contribution is -0.137. The number of carbonyl (C=O) groups is 1. The van der Waals surface area contributed by atoms with Crippen molar-refractivity contribution in [3.05, 3.63) is 53.1 Å². The van der Waals surface area contributed by atoms with E-state index in [0.717, 1.165) is 23.3 Å². The van der Waals surface area contributed by atoms with E-state index in [0.29, 0.717) is 36.7 Å². The average molecular weight is 394 g/mol. The van der Waals surface area contributed by atoms with Gasteiger partial charge in [-0.2, -0.15) is 13.2 Å². The van der Waals surface area contributed by atoms with E-state index in [4.69, 9.17) is 9.47 Å². The molecule has 0 fully saturated rings. The smallest absolute Gasteiger partial charge is 0.416 e. The highest BCUT2D eigenvalue weighted by atomic mass is 19.4. The number of rotatable bonds is 5. The van der Waals surface area contributed by atoms with Crippen LogP contribution in [0.2, 0.25) is 0 Å². The van der Waals surface area contributed by atoms with Gasteiger partial charge in [0.1, 0.15) is 0 Å². The number of nitrogens with zero attached hydrogens (tertiary/aromatic N) is 1. The van der Waals surface area contributed by atoms with Gasteiger partial charge in [0, 0.05) is 18.8 Å². The molecule has 1 aliphatic heterocycles. The third-order valence-corrected chi connectivity index (χ3v) is 4.73. The van der Waals surface area contributed by atoms with E-state index in [1.807, 2.05) is 12.1 Å². The SMILES string of the molecule is COc1cc2c(cc1OC)CN(C(=O)CNc1ccc(C(F)(F)F)cc1)CC2. The minimum atomic E-state index is -4.38. The van der Waals surface area contributed by atoms with E-state index in [1.54, 1.807) is 19.1 Å². The van der Waals surface area contributed by atoms with Gasteiger partial charge in [0.05, 0.1) is 26.3 Å². The Morgan fingerprint density at radius 2 is 1.68 bits per heavy atom. The third kappa shape index (κ3) is 4.32. The topological polar surface area (TPSA) is 50.8 Å². The molecule has 1 heterocycles. The predicted octanol–water partition coefficient (Wildman–Crippen LogP) is 3.72. The predicted molar refractivity (Wildman–Crippen MR) is 98.6 cm³/mol. The standard InChI is InChI=1S/C20H21F3N2O3/c1-27-17-9-13-7-8-25(12-14(13)10-18(17)28-2)19(26)11-24-16-5-3-15(4-6-16)20(21,22)23/h3-6,9-10,24H,7-8,11-12H2,1-2H3. The zero-order valence-corrected chi connectivity index (χ0v) is 15.6. The molecule has 0 saturated heterocycles. The van der Waals surface area contributed by atoms with Gasteiger partial charge in [0.15, 0.2) is 11.5 Å². The Bertz CT molecular complexity index is 851. The Morgan fingerprint density at radius 1 is 1.07 bits per heavy atom. The van der Waals surface area contributed by atoms with Crippen molar-refractivity contribution in [1.29, 1.82) is 0 Å². The number of anilines is 1. The van der Waals surface area contributed by atoms with Crippen LogP contribution in [-0.4, -0.2) is 38.1 Å². The molecule has 1 amide bonds. The first kappa shape index (κ1) is 19.9. The summed E-state index contributed by atoms with van der Waals surface area (Å²) in [5.41, 5.74) is 1.84. The number of alkyl halides is 3. The summed E-state index contributed by atoms with van der Waals surface area (Å²) in [5, 5.41) is 2.88. The van der Waals surface area contributed by atoms with E-state index in [2.05, 4.69) is 5.32 Å². The Morgan fingerprint density at radius 3 is 2.25 bits per heavy atom. The molecule has 150 valence electrons. The Balaban J connectivity index is 1.62. The molecule has 0 saturated carbocycles. The van der Waals surface area contributed by atoms with Crippen molar-refractivity contribution < 1.29 is 27.4 Å². The van der Waals surface area contributed by atoms with Crippen molar-refractivity contribution in [2.75, 3.05) is 32.6 Å². The molecule has 2 aromatic carbocycles. The van der Waals surface area contributed by atoms with Gasteiger partial charge in [-0.05, 0) is 53.9 Å². The van der Waals surface area contributed by atoms with Crippen LogP contribution < -0.4 is 14.8 Å². The summed E-state index contributed by atoms with van der Waals surface area (Å²) in [4.78, 5) is 14.2. The zero-order chi connectivity index (χ0) is 20.3. The fourth-order valence-electron chi connectivity index (χ4n) is 3.16. The van der Waals surface area contributed by atoms with Gasteiger partial charge in [0.2, 0.25) is 5.91 Å². The second-order valence-electron chi connectivity index (χ2n) is 6.47. The number of amides is 1. The van der Waals surface area contributed by atoms with Gasteiger partial charge >= 0.3 is 6.18 Å². The summed E-state index contributed by atoms with van der Waals surface area (Å²) >= 11 is 0. The van der Waals surface area contributed by atoms with E-state index >= 15 is 0 Å². The van der Waals surface area contributed by atoms with E-state index in [1.165, 1.54) is 12.1 Å². The lowest BCUT2D eigenvalue weighted by Crippen LogP contribution is -2.39. The Kier molecular flexibility index (Phi) is 5.67. The molecule has 28 heavy (non-hydrogen) atoms. The summed E-state index contributed by atoms with van der Waals surface area (Å²) in [7, 11) is 3.14. The highest BCUT2D eigenvalue weighted by Gasteiger charge is 2.30. The number of hydrogen-bond acceptors (Lipinski definition) is 4. The van der Waals surface area contributed by atoms with Crippen molar-refractivity contribution in [3.63, 3.8) is 0 Å². The summed E-state index contributed by atoms with van der Waals surface area (Å²) in [6, 6.07) is 8.41. The largest absolute Gasteiger partial charge is 0.493 e. The van der Waals surface area contributed by atoms with Crippen LogP contribution in [0.1, 0.15) is 16.7 Å². The van der Waals surface area contributed by atoms with Gasteiger partial charge in [-0.25, -0.2) is 0 Å². The van der Waals surface area contributed by atoms with Gasteiger partial charge in [-0.15, -0.1) is 0 Å². The van der Waals surface area contributed by atoms with Crippen LogP contribution in [0.15, 0.2) is 36.4 Å².